The Morgan fingerprint density at radius 2 is 1.82 bits per heavy atom. The second kappa shape index (κ2) is 10.4. The molecule has 2 aliphatic rings. The SMILES string of the molecule is Cc1ccc(C(=O)Nc2cnc3c(c(C4CCN(C(=O)C5CCCC5)CC4)cn3C)c2C(F)(F)F)cc1C#N. The van der Waals surface area contributed by atoms with Crippen molar-refractivity contribution in [2.24, 2.45) is 13.0 Å². The zero-order chi connectivity index (χ0) is 27.9. The van der Waals surface area contributed by atoms with E-state index in [2.05, 4.69) is 10.3 Å². The number of aryl methyl sites for hydroxylation is 2. The number of fused-ring (bicyclic) bond motifs is 1. The number of aromatic nitrogens is 2. The van der Waals surface area contributed by atoms with Crippen LogP contribution in [0.25, 0.3) is 11.0 Å². The monoisotopic (exact) mass is 537 g/mol. The molecule has 1 aromatic carbocycles. The van der Waals surface area contributed by atoms with Gasteiger partial charge in [0.25, 0.3) is 5.91 Å². The Morgan fingerprint density at radius 3 is 2.46 bits per heavy atom. The Balaban J connectivity index is 1.47. The van der Waals surface area contributed by atoms with Crippen molar-refractivity contribution < 1.29 is 22.8 Å². The Kier molecular flexibility index (Phi) is 7.10. The molecule has 2 aromatic heterocycles. The van der Waals surface area contributed by atoms with Gasteiger partial charge in [-0.3, -0.25) is 9.59 Å². The first-order valence-corrected chi connectivity index (χ1v) is 13.2. The molecule has 1 N–H and O–H groups in total. The predicted molar refractivity (Wildman–Crippen MR) is 140 cm³/mol. The number of anilines is 1. The molecule has 3 heterocycles. The maximum Gasteiger partial charge on any atom is 0.419 e. The smallest absolute Gasteiger partial charge is 0.342 e. The summed E-state index contributed by atoms with van der Waals surface area (Å²) in [5, 5.41) is 11.7. The Morgan fingerprint density at radius 1 is 1.13 bits per heavy atom. The lowest BCUT2D eigenvalue weighted by atomic mass is 9.87. The van der Waals surface area contributed by atoms with Gasteiger partial charge in [-0.2, -0.15) is 18.4 Å². The number of halogens is 3. The summed E-state index contributed by atoms with van der Waals surface area (Å²) in [6.45, 7) is 2.73. The Bertz CT molecular complexity index is 1470. The number of nitriles is 1. The number of nitrogens with one attached hydrogen (secondary N) is 1. The van der Waals surface area contributed by atoms with Crippen LogP contribution in [0.2, 0.25) is 0 Å². The van der Waals surface area contributed by atoms with Gasteiger partial charge in [-0.25, -0.2) is 4.98 Å². The number of carbonyl (C=O) groups is 2. The van der Waals surface area contributed by atoms with E-state index in [1.54, 1.807) is 30.8 Å². The van der Waals surface area contributed by atoms with E-state index in [1.807, 2.05) is 11.0 Å². The molecule has 2 amide bonds. The van der Waals surface area contributed by atoms with Gasteiger partial charge in [-0.15, -0.1) is 0 Å². The molecule has 204 valence electrons. The molecule has 1 saturated carbocycles. The van der Waals surface area contributed by atoms with Crippen LogP contribution in [-0.2, 0) is 18.0 Å². The molecule has 0 radical (unpaired) electrons. The van der Waals surface area contributed by atoms with Crippen LogP contribution in [0.5, 0.6) is 0 Å². The number of hydrogen-bond donors (Lipinski definition) is 1. The summed E-state index contributed by atoms with van der Waals surface area (Å²) in [5.41, 5.74) is 0.362. The van der Waals surface area contributed by atoms with Gasteiger partial charge in [0.2, 0.25) is 5.91 Å². The number of alkyl halides is 3. The second-order valence-electron chi connectivity index (χ2n) is 10.6. The summed E-state index contributed by atoms with van der Waals surface area (Å²) in [6.07, 6.45) is 3.06. The van der Waals surface area contributed by atoms with E-state index in [0.29, 0.717) is 37.1 Å². The minimum atomic E-state index is -4.76. The fraction of sp³-hybridized carbons (Fsp3) is 0.448. The number of benzene rings is 1. The fourth-order valence-electron chi connectivity index (χ4n) is 6.00. The second-order valence-corrected chi connectivity index (χ2v) is 10.6. The first kappa shape index (κ1) is 26.7. The first-order valence-electron chi connectivity index (χ1n) is 13.2. The van der Waals surface area contributed by atoms with E-state index in [-0.39, 0.29) is 39.9 Å². The molecule has 39 heavy (non-hydrogen) atoms. The number of likely N-dealkylation sites (tertiary alicyclic amines) is 1. The maximum atomic E-state index is 14.6. The summed E-state index contributed by atoms with van der Waals surface area (Å²) >= 11 is 0. The summed E-state index contributed by atoms with van der Waals surface area (Å²) < 4.78 is 45.4. The molecule has 1 aliphatic heterocycles. The van der Waals surface area contributed by atoms with Crippen LogP contribution >= 0.6 is 0 Å². The van der Waals surface area contributed by atoms with E-state index in [9.17, 15) is 28.0 Å². The molecule has 0 bridgehead atoms. The molecular weight excluding hydrogens is 507 g/mol. The van der Waals surface area contributed by atoms with E-state index in [1.165, 1.54) is 12.1 Å². The third kappa shape index (κ3) is 5.10. The molecule has 0 atom stereocenters. The Labute approximate surface area is 224 Å². The highest BCUT2D eigenvalue weighted by Crippen LogP contribution is 2.44. The van der Waals surface area contributed by atoms with Crippen molar-refractivity contribution in [3.05, 3.63) is 58.4 Å². The van der Waals surface area contributed by atoms with Crippen LogP contribution in [0.4, 0.5) is 18.9 Å². The number of pyridine rings is 1. The lowest BCUT2D eigenvalue weighted by molar-refractivity contribution is -0.136. The van der Waals surface area contributed by atoms with E-state index >= 15 is 0 Å². The van der Waals surface area contributed by atoms with Crippen molar-refractivity contribution in [1.82, 2.24) is 14.5 Å². The number of amides is 2. The first-order chi connectivity index (χ1) is 18.6. The van der Waals surface area contributed by atoms with Crippen molar-refractivity contribution in [2.75, 3.05) is 18.4 Å². The van der Waals surface area contributed by atoms with E-state index in [0.717, 1.165) is 31.9 Å². The van der Waals surface area contributed by atoms with Gasteiger partial charge in [-0.1, -0.05) is 18.9 Å². The van der Waals surface area contributed by atoms with Gasteiger partial charge in [0.1, 0.15) is 5.65 Å². The Hall–Kier alpha value is -3.87. The van der Waals surface area contributed by atoms with Crippen LogP contribution in [0.1, 0.15) is 77.1 Å². The number of nitrogens with zero attached hydrogens (tertiary/aromatic N) is 4. The third-order valence-electron chi connectivity index (χ3n) is 8.12. The molecule has 7 nitrogen and oxygen atoms in total. The molecule has 3 aromatic rings. The van der Waals surface area contributed by atoms with Gasteiger partial charge in [0.15, 0.2) is 0 Å². The van der Waals surface area contributed by atoms with Crippen LogP contribution in [0.15, 0.2) is 30.6 Å². The van der Waals surface area contributed by atoms with Crippen molar-refractivity contribution >= 4 is 28.5 Å². The van der Waals surface area contributed by atoms with Crippen molar-refractivity contribution in [2.45, 2.75) is 57.5 Å². The molecular formula is C29H30F3N5O2. The van der Waals surface area contributed by atoms with Gasteiger partial charge in [-0.05, 0) is 61.8 Å². The van der Waals surface area contributed by atoms with Crippen LogP contribution in [0, 0.1) is 24.2 Å². The van der Waals surface area contributed by atoms with Crippen molar-refractivity contribution in [3.8, 4) is 6.07 Å². The van der Waals surface area contributed by atoms with Gasteiger partial charge >= 0.3 is 6.18 Å². The molecule has 1 aliphatic carbocycles. The quantitative estimate of drug-likeness (QED) is 0.447. The highest BCUT2D eigenvalue weighted by molar-refractivity contribution is 6.06. The highest BCUT2D eigenvalue weighted by Gasteiger charge is 2.40. The van der Waals surface area contributed by atoms with Crippen LogP contribution < -0.4 is 5.32 Å². The predicted octanol–water partition coefficient (Wildman–Crippen LogP) is 5.92. The number of carbonyl (C=O) groups excluding carboxylic acids is 2. The summed E-state index contributed by atoms with van der Waals surface area (Å²) in [6, 6.07) is 6.40. The standard InChI is InChI=1S/C29H30F3N5O2/c1-17-7-8-20(13-21(17)14-33)27(38)35-23-15-34-26-24(25(23)29(30,31)32)22(16-36(26)2)18-9-11-37(12-10-18)28(39)19-5-3-4-6-19/h7-8,13,15-16,18-19H,3-6,9-12H2,1-2H3,(H,35,38). The largest absolute Gasteiger partial charge is 0.419 e. The molecule has 1 saturated heterocycles. The normalized spacial score (nSPS) is 17.0. The molecule has 0 spiro atoms. The summed E-state index contributed by atoms with van der Waals surface area (Å²) in [4.78, 5) is 32.0. The van der Waals surface area contributed by atoms with Crippen LogP contribution in [0.3, 0.4) is 0 Å². The van der Waals surface area contributed by atoms with Gasteiger partial charge in [0, 0.05) is 43.2 Å². The maximum absolute atomic E-state index is 14.6. The molecule has 10 heteroatoms. The topological polar surface area (TPSA) is 91.0 Å². The van der Waals surface area contributed by atoms with E-state index < -0.39 is 23.3 Å². The van der Waals surface area contributed by atoms with Gasteiger partial charge < -0.3 is 14.8 Å². The molecule has 2 fully saturated rings. The number of rotatable bonds is 4. The number of hydrogen-bond acceptors (Lipinski definition) is 4. The lowest BCUT2D eigenvalue weighted by Crippen LogP contribution is -2.40. The summed E-state index contributed by atoms with van der Waals surface area (Å²) in [7, 11) is 1.66. The average Bonchev–Trinajstić information content (AvgIpc) is 3.56. The zero-order valence-electron chi connectivity index (χ0n) is 21.9. The van der Waals surface area contributed by atoms with Crippen LogP contribution in [-0.4, -0.2) is 39.4 Å². The van der Waals surface area contributed by atoms with Crippen molar-refractivity contribution in [1.29, 1.82) is 5.26 Å². The zero-order valence-corrected chi connectivity index (χ0v) is 21.9. The highest BCUT2D eigenvalue weighted by atomic mass is 19.4. The lowest BCUT2D eigenvalue weighted by Gasteiger charge is -2.33. The van der Waals surface area contributed by atoms with Gasteiger partial charge in [0.05, 0.1) is 29.1 Å². The minimum Gasteiger partial charge on any atom is -0.342 e. The average molecular weight is 538 g/mol. The fourth-order valence-corrected chi connectivity index (χ4v) is 6.00. The summed E-state index contributed by atoms with van der Waals surface area (Å²) in [5.74, 6) is -0.689. The third-order valence-corrected chi connectivity index (χ3v) is 8.12. The van der Waals surface area contributed by atoms with Crippen molar-refractivity contribution in [3.63, 3.8) is 0 Å². The molecule has 5 rings (SSSR count). The number of piperidine rings is 1. The molecule has 0 unspecified atom stereocenters. The minimum absolute atomic E-state index is 0.0232. The van der Waals surface area contributed by atoms with E-state index in [4.69, 9.17) is 0 Å².